The Labute approximate surface area is 205 Å². The maximum Gasteiger partial charge on any atom is 0.222 e. The van der Waals surface area contributed by atoms with Gasteiger partial charge < -0.3 is 28.8 Å². The van der Waals surface area contributed by atoms with Crippen LogP contribution in [0.15, 0.2) is 48.5 Å². The van der Waals surface area contributed by atoms with E-state index in [0.29, 0.717) is 29.9 Å². The fraction of sp³-hybridized carbons (Fsp3) is 0.520. The molecule has 0 amide bonds. The smallest absolute Gasteiger partial charge is 0.222 e. The summed E-state index contributed by atoms with van der Waals surface area (Å²) in [4.78, 5) is 0. The molecule has 2 aromatic rings. The molecule has 3 rings (SSSR count). The van der Waals surface area contributed by atoms with Crippen LogP contribution in [-0.2, 0) is 36.9 Å². The Morgan fingerprint density at radius 3 is 2.09 bits per heavy atom. The van der Waals surface area contributed by atoms with Crippen molar-refractivity contribution in [3.8, 4) is 0 Å². The second kappa shape index (κ2) is 13.0. The molecule has 0 saturated carbocycles. The molecular formula is C25H32Cl2O6. The van der Waals surface area contributed by atoms with Crippen molar-refractivity contribution in [2.24, 2.45) is 0 Å². The van der Waals surface area contributed by atoms with Crippen LogP contribution in [0.4, 0.5) is 0 Å². The molecule has 0 aromatic heterocycles. The highest BCUT2D eigenvalue weighted by Crippen LogP contribution is 2.36. The summed E-state index contributed by atoms with van der Waals surface area (Å²) >= 11 is 12.0. The van der Waals surface area contributed by atoms with Crippen LogP contribution in [0, 0.1) is 0 Å². The van der Waals surface area contributed by atoms with Crippen LogP contribution < -0.4 is 0 Å². The normalized spacial score (nSPS) is 24.9. The second-order valence-electron chi connectivity index (χ2n) is 7.94. The van der Waals surface area contributed by atoms with Crippen molar-refractivity contribution in [3.05, 3.63) is 69.7 Å². The van der Waals surface area contributed by atoms with E-state index < -0.39 is 24.1 Å². The molecule has 1 N–H and O–H groups in total. The lowest BCUT2D eigenvalue weighted by Crippen LogP contribution is -2.49. The molecule has 1 aliphatic heterocycles. The van der Waals surface area contributed by atoms with E-state index in [1.807, 2.05) is 38.1 Å². The number of hydrogen-bond acceptors (Lipinski definition) is 6. The lowest BCUT2D eigenvalue weighted by molar-refractivity contribution is -0.289. The van der Waals surface area contributed by atoms with E-state index in [4.69, 9.17) is 46.9 Å². The number of ether oxygens (including phenoxy) is 5. The molecule has 1 heterocycles. The van der Waals surface area contributed by atoms with E-state index in [9.17, 15) is 5.11 Å². The zero-order valence-electron chi connectivity index (χ0n) is 19.0. The summed E-state index contributed by atoms with van der Waals surface area (Å²) in [7, 11) is 0. The van der Waals surface area contributed by atoms with Gasteiger partial charge in [0.15, 0.2) is 0 Å². The lowest BCUT2D eigenvalue weighted by Gasteiger charge is -2.32. The standard InChI is InChI=1S/C25H32Cl2O6/c1-3-13-31-23-22(16-29-4-2)33-25(24(23)28,32-15-19-7-11-21(27)12-8-19)17-30-14-18-5-9-20(26)10-6-18/h5-12,22-24,28H,3-4,13-17H2,1-2H3. The summed E-state index contributed by atoms with van der Waals surface area (Å²) in [5, 5.41) is 12.6. The van der Waals surface area contributed by atoms with E-state index >= 15 is 0 Å². The minimum absolute atomic E-state index is 0.0129. The summed E-state index contributed by atoms with van der Waals surface area (Å²) in [6.45, 7) is 5.77. The van der Waals surface area contributed by atoms with Gasteiger partial charge in [0.25, 0.3) is 0 Å². The molecular weight excluding hydrogens is 467 g/mol. The largest absolute Gasteiger partial charge is 0.385 e. The first kappa shape index (κ1) is 26.4. The monoisotopic (exact) mass is 498 g/mol. The van der Waals surface area contributed by atoms with Crippen LogP contribution >= 0.6 is 23.2 Å². The van der Waals surface area contributed by atoms with Crippen LogP contribution in [0.2, 0.25) is 10.0 Å². The van der Waals surface area contributed by atoms with Gasteiger partial charge in [0, 0.05) is 23.3 Å². The van der Waals surface area contributed by atoms with Gasteiger partial charge >= 0.3 is 0 Å². The van der Waals surface area contributed by atoms with E-state index in [1.54, 1.807) is 24.3 Å². The highest BCUT2D eigenvalue weighted by molar-refractivity contribution is 6.30. The molecule has 2 aromatic carbocycles. The fourth-order valence-corrected chi connectivity index (χ4v) is 3.87. The molecule has 1 saturated heterocycles. The molecule has 33 heavy (non-hydrogen) atoms. The molecule has 1 aliphatic rings. The average molecular weight is 499 g/mol. The first-order valence-electron chi connectivity index (χ1n) is 11.2. The van der Waals surface area contributed by atoms with E-state index in [2.05, 4.69) is 0 Å². The summed E-state index contributed by atoms with van der Waals surface area (Å²) in [6.07, 6.45) is -1.33. The molecule has 0 spiro atoms. The Bertz CT molecular complexity index is 832. The molecule has 6 nitrogen and oxygen atoms in total. The summed E-state index contributed by atoms with van der Waals surface area (Å²) in [5.41, 5.74) is 1.84. The van der Waals surface area contributed by atoms with Gasteiger partial charge in [0.05, 0.1) is 19.8 Å². The van der Waals surface area contributed by atoms with E-state index in [-0.39, 0.29) is 19.8 Å². The van der Waals surface area contributed by atoms with Gasteiger partial charge in [-0.1, -0.05) is 54.4 Å². The van der Waals surface area contributed by atoms with E-state index in [1.165, 1.54) is 0 Å². The van der Waals surface area contributed by atoms with Gasteiger partial charge in [-0.2, -0.15) is 0 Å². The summed E-state index contributed by atoms with van der Waals surface area (Å²) < 4.78 is 30.0. The highest BCUT2D eigenvalue weighted by atomic mass is 35.5. The quantitative estimate of drug-likeness (QED) is 0.418. The van der Waals surface area contributed by atoms with E-state index in [0.717, 1.165) is 17.5 Å². The number of aliphatic hydroxyl groups is 1. The number of hydrogen-bond donors (Lipinski definition) is 1. The molecule has 8 heteroatoms. The Morgan fingerprint density at radius 2 is 1.52 bits per heavy atom. The minimum Gasteiger partial charge on any atom is -0.385 e. The number of rotatable bonds is 13. The van der Waals surface area contributed by atoms with Crippen LogP contribution in [0.3, 0.4) is 0 Å². The molecule has 0 aliphatic carbocycles. The average Bonchev–Trinajstić information content (AvgIpc) is 3.08. The maximum absolute atomic E-state index is 11.3. The predicted octanol–water partition coefficient (Wildman–Crippen LogP) is 5.01. The third-order valence-electron chi connectivity index (χ3n) is 5.36. The fourth-order valence-electron chi connectivity index (χ4n) is 3.62. The van der Waals surface area contributed by atoms with Crippen molar-refractivity contribution in [2.45, 2.75) is 57.6 Å². The van der Waals surface area contributed by atoms with Crippen LogP contribution in [0.1, 0.15) is 31.4 Å². The topological polar surface area (TPSA) is 66.4 Å². The Morgan fingerprint density at radius 1 is 0.909 bits per heavy atom. The van der Waals surface area contributed by atoms with Gasteiger partial charge in [-0.3, -0.25) is 0 Å². The SMILES string of the molecule is CCCOC1C(COCC)OC(COCc2ccc(Cl)cc2)(OCc2ccc(Cl)cc2)C1O. The van der Waals surface area contributed by atoms with Crippen molar-refractivity contribution in [3.63, 3.8) is 0 Å². The zero-order chi connectivity index (χ0) is 23.7. The van der Waals surface area contributed by atoms with Crippen molar-refractivity contribution in [2.75, 3.05) is 26.4 Å². The first-order chi connectivity index (χ1) is 16.0. The predicted molar refractivity (Wildman–Crippen MR) is 127 cm³/mol. The van der Waals surface area contributed by atoms with Gasteiger partial charge in [0.1, 0.15) is 24.9 Å². The molecule has 0 bridgehead atoms. The Balaban J connectivity index is 1.76. The maximum atomic E-state index is 11.3. The first-order valence-corrected chi connectivity index (χ1v) is 12.0. The van der Waals surface area contributed by atoms with Gasteiger partial charge in [-0.05, 0) is 48.7 Å². The number of halogens is 2. The highest BCUT2D eigenvalue weighted by Gasteiger charge is 2.56. The lowest BCUT2D eigenvalue weighted by atomic mass is 10.0. The third-order valence-corrected chi connectivity index (χ3v) is 5.87. The van der Waals surface area contributed by atoms with Gasteiger partial charge in [-0.15, -0.1) is 0 Å². The molecule has 182 valence electrons. The van der Waals surface area contributed by atoms with Crippen LogP contribution in [0.5, 0.6) is 0 Å². The summed E-state index contributed by atoms with van der Waals surface area (Å²) in [5.74, 6) is -1.41. The zero-order valence-corrected chi connectivity index (χ0v) is 20.6. The van der Waals surface area contributed by atoms with Crippen molar-refractivity contribution in [1.82, 2.24) is 0 Å². The van der Waals surface area contributed by atoms with Crippen LogP contribution in [0.25, 0.3) is 0 Å². The Kier molecular flexibility index (Phi) is 10.4. The minimum atomic E-state index is -1.41. The molecule has 1 fully saturated rings. The molecule has 0 radical (unpaired) electrons. The van der Waals surface area contributed by atoms with Gasteiger partial charge in [0.2, 0.25) is 5.79 Å². The van der Waals surface area contributed by atoms with Gasteiger partial charge in [-0.25, -0.2) is 0 Å². The Hall–Kier alpha value is -1.22. The van der Waals surface area contributed by atoms with Crippen molar-refractivity contribution < 1.29 is 28.8 Å². The second-order valence-corrected chi connectivity index (χ2v) is 8.82. The number of benzene rings is 2. The van der Waals surface area contributed by atoms with Crippen molar-refractivity contribution >= 4 is 23.2 Å². The third kappa shape index (κ3) is 7.38. The van der Waals surface area contributed by atoms with Crippen LogP contribution in [-0.4, -0.2) is 55.6 Å². The number of aliphatic hydroxyl groups excluding tert-OH is 1. The summed E-state index contributed by atoms with van der Waals surface area (Å²) in [6, 6.07) is 14.7. The molecule has 4 unspecified atom stereocenters. The molecule has 4 atom stereocenters. The van der Waals surface area contributed by atoms with Crippen molar-refractivity contribution in [1.29, 1.82) is 0 Å².